The smallest absolute Gasteiger partial charge is 0.159 e. The van der Waals surface area contributed by atoms with Gasteiger partial charge >= 0.3 is 0 Å². The minimum Gasteiger partial charge on any atom is -0.490 e. The summed E-state index contributed by atoms with van der Waals surface area (Å²) in [5.74, 6) is 0.898. The van der Waals surface area contributed by atoms with Gasteiger partial charge in [0.2, 0.25) is 0 Å². The van der Waals surface area contributed by atoms with Gasteiger partial charge in [-0.15, -0.1) is 5.10 Å². The zero-order valence-corrected chi connectivity index (χ0v) is 14.2. The lowest BCUT2D eigenvalue weighted by atomic mass is 9.90. The molecule has 0 amide bonds. The quantitative estimate of drug-likeness (QED) is 0.706. The maximum atomic E-state index is 5.55. The first-order valence-corrected chi connectivity index (χ1v) is 7.99. The van der Waals surface area contributed by atoms with E-state index in [4.69, 9.17) is 26.4 Å². The van der Waals surface area contributed by atoms with Gasteiger partial charge < -0.3 is 14.2 Å². The SMILES string of the molecule is COC(=S)CCCc1nnnn1C1CCC(OC)C(OC)C1. The van der Waals surface area contributed by atoms with Crippen LogP contribution < -0.4 is 0 Å². The van der Waals surface area contributed by atoms with Gasteiger partial charge in [0, 0.05) is 27.1 Å². The Kier molecular flexibility index (Phi) is 6.66. The van der Waals surface area contributed by atoms with Crippen molar-refractivity contribution in [2.24, 2.45) is 0 Å². The molecule has 1 aliphatic rings. The third-order valence-corrected chi connectivity index (χ3v) is 4.60. The van der Waals surface area contributed by atoms with E-state index < -0.39 is 0 Å². The second-order valence-electron chi connectivity index (χ2n) is 5.48. The number of nitrogens with zero attached hydrogens (tertiary/aromatic N) is 4. The molecule has 0 radical (unpaired) electrons. The first-order chi connectivity index (χ1) is 10.7. The fourth-order valence-electron chi connectivity index (χ4n) is 2.97. The zero-order valence-electron chi connectivity index (χ0n) is 13.4. The van der Waals surface area contributed by atoms with Crippen LogP contribution in [0.25, 0.3) is 0 Å². The molecule has 3 atom stereocenters. The molecule has 2 rings (SSSR count). The summed E-state index contributed by atoms with van der Waals surface area (Å²) in [6, 6.07) is 0.260. The van der Waals surface area contributed by atoms with Crippen molar-refractivity contribution >= 4 is 17.3 Å². The molecule has 1 fully saturated rings. The van der Waals surface area contributed by atoms with Gasteiger partial charge in [0.1, 0.15) is 0 Å². The zero-order chi connectivity index (χ0) is 15.9. The lowest BCUT2D eigenvalue weighted by Gasteiger charge is -2.34. The summed E-state index contributed by atoms with van der Waals surface area (Å²) in [5.41, 5.74) is 0. The van der Waals surface area contributed by atoms with Gasteiger partial charge in [-0.1, -0.05) is 0 Å². The molecule has 0 aliphatic heterocycles. The molecule has 7 nitrogen and oxygen atoms in total. The maximum absolute atomic E-state index is 5.55. The number of tetrazole rings is 1. The molecule has 1 heterocycles. The normalized spacial score (nSPS) is 25.1. The molecular formula is C14H24N4O3S. The fourth-order valence-corrected chi connectivity index (χ4v) is 3.12. The summed E-state index contributed by atoms with van der Waals surface area (Å²) >= 11 is 5.05. The largest absolute Gasteiger partial charge is 0.490 e. The minimum absolute atomic E-state index is 0.0851. The lowest BCUT2D eigenvalue weighted by molar-refractivity contribution is -0.0697. The van der Waals surface area contributed by atoms with Crippen LogP contribution in [0.15, 0.2) is 0 Å². The van der Waals surface area contributed by atoms with Crippen LogP contribution in [0.5, 0.6) is 0 Å². The van der Waals surface area contributed by atoms with Crippen LogP contribution in [-0.4, -0.2) is 58.8 Å². The monoisotopic (exact) mass is 328 g/mol. The fraction of sp³-hybridized carbons (Fsp3) is 0.857. The first-order valence-electron chi connectivity index (χ1n) is 7.58. The van der Waals surface area contributed by atoms with E-state index >= 15 is 0 Å². The van der Waals surface area contributed by atoms with E-state index in [1.807, 2.05) is 4.68 Å². The van der Waals surface area contributed by atoms with Gasteiger partial charge in [-0.3, -0.25) is 0 Å². The first kappa shape index (κ1) is 17.2. The highest BCUT2D eigenvalue weighted by Gasteiger charge is 2.33. The van der Waals surface area contributed by atoms with Crippen molar-refractivity contribution in [1.29, 1.82) is 0 Å². The van der Waals surface area contributed by atoms with Crippen molar-refractivity contribution in [2.75, 3.05) is 21.3 Å². The molecule has 1 aromatic heterocycles. The third-order valence-electron chi connectivity index (χ3n) is 4.22. The topological polar surface area (TPSA) is 71.3 Å². The van der Waals surface area contributed by atoms with Crippen molar-refractivity contribution in [2.45, 2.75) is 56.8 Å². The van der Waals surface area contributed by atoms with E-state index in [-0.39, 0.29) is 18.2 Å². The summed E-state index contributed by atoms with van der Waals surface area (Å²) < 4.78 is 18.0. The summed E-state index contributed by atoms with van der Waals surface area (Å²) in [7, 11) is 5.06. The molecular weight excluding hydrogens is 304 g/mol. The van der Waals surface area contributed by atoms with E-state index in [0.29, 0.717) is 5.05 Å². The highest BCUT2D eigenvalue weighted by atomic mass is 32.1. The molecule has 1 aliphatic carbocycles. The van der Waals surface area contributed by atoms with Crippen molar-refractivity contribution in [3.8, 4) is 0 Å². The molecule has 0 bridgehead atoms. The van der Waals surface area contributed by atoms with Crippen molar-refractivity contribution in [3.63, 3.8) is 0 Å². The third kappa shape index (κ3) is 4.21. The van der Waals surface area contributed by atoms with Crippen LogP contribution >= 0.6 is 12.2 Å². The second kappa shape index (κ2) is 8.50. The van der Waals surface area contributed by atoms with Gasteiger partial charge in [0.05, 0.1) is 25.4 Å². The Balaban J connectivity index is 1.95. The highest BCUT2D eigenvalue weighted by Crippen LogP contribution is 2.31. The highest BCUT2D eigenvalue weighted by molar-refractivity contribution is 7.80. The second-order valence-corrected chi connectivity index (χ2v) is 5.94. The van der Waals surface area contributed by atoms with Crippen molar-refractivity contribution < 1.29 is 14.2 Å². The minimum atomic E-state index is 0.0851. The number of hydrogen-bond acceptors (Lipinski definition) is 7. The molecule has 8 heteroatoms. The Hall–Kier alpha value is -1.12. The lowest BCUT2D eigenvalue weighted by Crippen LogP contribution is -2.38. The standard InChI is InChI=1S/C14H24N4O3S/c1-19-11-8-7-10(9-12(11)20-2)18-13(15-16-17-18)5-4-6-14(22)21-3/h10-12H,4-9H2,1-3H3. The average Bonchev–Trinajstić information content (AvgIpc) is 3.02. The number of methoxy groups -OCH3 is 3. The molecule has 0 saturated heterocycles. The van der Waals surface area contributed by atoms with Gasteiger partial charge in [-0.2, -0.15) is 0 Å². The predicted octanol–water partition coefficient (Wildman–Crippen LogP) is 1.72. The van der Waals surface area contributed by atoms with Crippen LogP contribution in [0.3, 0.4) is 0 Å². The molecule has 124 valence electrons. The van der Waals surface area contributed by atoms with Gasteiger partial charge in [-0.25, -0.2) is 4.68 Å². The molecule has 3 unspecified atom stereocenters. The average molecular weight is 328 g/mol. The van der Waals surface area contributed by atoms with Gasteiger partial charge in [0.25, 0.3) is 0 Å². The number of hydrogen-bond donors (Lipinski definition) is 0. The number of aryl methyl sites for hydroxylation is 1. The predicted molar refractivity (Wildman–Crippen MR) is 84.8 cm³/mol. The van der Waals surface area contributed by atoms with Crippen LogP contribution in [0.2, 0.25) is 0 Å². The molecule has 1 aromatic rings. The summed E-state index contributed by atoms with van der Waals surface area (Å²) in [5, 5.41) is 12.8. The summed E-state index contributed by atoms with van der Waals surface area (Å²) in [6.07, 6.45) is 5.47. The van der Waals surface area contributed by atoms with Crippen LogP contribution in [-0.2, 0) is 20.6 Å². The number of rotatable bonds is 7. The van der Waals surface area contributed by atoms with E-state index in [2.05, 4.69) is 15.5 Å². The van der Waals surface area contributed by atoms with E-state index in [1.165, 1.54) is 0 Å². The summed E-state index contributed by atoms with van der Waals surface area (Å²) in [6.45, 7) is 0. The van der Waals surface area contributed by atoms with E-state index in [9.17, 15) is 0 Å². The van der Waals surface area contributed by atoms with E-state index in [1.54, 1.807) is 21.3 Å². The van der Waals surface area contributed by atoms with Crippen molar-refractivity contribution in [3.05, 3.63) is 5.82 Å². The van der Waals surface area contributed by atoms with Gasteiger partial charge in [0.15, 0.2) is 10.9 Å². The number of ether oxygens (including phenoxy) is 3. The maximum Gasteiger partial charge on any atom is 0.159 e. The van der Waals surface area contributed by atoms with Gasteiger partial charge in [-0.05, 0) is 48.3 Å². The van der Waals surface area contributed by atoms with Crippen LogP contribution in [0.4, 0.5) is 0 Å². The molecule has 1 saturated carbocycles. The Labute approximate surface area is 136 Å². The Morgan fingerprint density at radius 1 is 1.23 bits per heavy atom. The Bertz CT molecular complexity index is 482. The van der Waals surface area contributed by atoms with E-state index in [0.717, 1.165) is 44.3 Å². The Morgan fingerprint density at radius 2 is 2.00 bits per heavy atom. The molecule has 0 aromatic carbocycles. The van der Waals surface area contributed by atoms with Crippen LogP contribution in [0, 0.1) is 0 Å². The summed E-state index contributed by atoms with van der Waals surface area (Å²) in [4.78, 5) is 0. The molecule has 22 heavy (non-hydrogen) atoms. The van der Waals surface area contributed by atoms with Crippen LogP contribution in [0.1, 0.15) is 44.0 Å². The Morgan fingerprint density at radius 3 is 2.68 bits per heavy atom. The molecule has 0 spiro atoms. The van der Waals surface area contributed by atoms with Crippen molar-refractivity contribution in [1.82, 2.24) is 20.2 Å². The number of thiocarbonyl (C=S) groups is 1. The molecule has 0 N–H and O–H groups in total. The number of aromatic nitrogens is 4.